The van der Waals surface area contributed by atoms with Gasteiger partial charge >= 0.3 is 0 Å². The molecule has 0 aliphatic rings. The van der Waals surface area contributed by atoms with Crippen LogP contribution in [0.25, 0.3) is 0 Å². The fourth-order valence-corrected chi connectivity index (χ4v) is 2.37. The van der Waals surface area contributed by atoms with Gasteiger partial charge in [0, 0.05) is 20.5 Å². The van der Waals surface area contributed by atoms with E-state index in [2.05, 4.69) is 26.8 Å². The monoisotopic (exact) mass is 363 g/mol. The Hall–Kier alpha value is -1.65. The van der Waals surface area contributed by atoms with Gasteiger partial charge in [-0.3, -0.25) is 4.79 Å². The van der Waals surface area contributed by atoms with Crippen molar-refractivity contribution in [1.82, 2.24) is 4.90 Å². The van der Waals surface area contributed by atoms with E-state index < -0.39 is 12.2 Å². The molecule has 0 aromatic heterocycles. The highest BCUT2D eigenvalue weighted by molar-refractivity contribution is 5.75. The maximum absolute atomic E-state index is 11.4. The number of carbonyl (C=O) groups excluding carboxylic acids is 1. The Morgan fingerprint density at radius 2 is 1.54 bits per heavy atom. The summed E-state index contributed by atoms with van der Waals surface area (Å²) in [5, 5.41) is 19.8. The second-order valence-electron chi connectivity index (χ2n) is 7.32. The molecule has 0 spiro atoms. The molecule has 0 saturated carbocycles. The summed E-state index contributed by atoms with van der Waals surface area (Å²) in [6, 6.07) is 0. The molecule has 0 fully saturated rings. The van der Waals surface area contributed by atoms with Crippen molar-refractivity contribution in [2.75, 3.05) is 14.1 Å². The summed E-state index contributed by atoms with van der Waals surface area (Å²) < 4.78 is 0. The van der Waals surface area contributed by atoms with E-state index in [9.17, 15) is 15.0 Å². The van der Waals surface area contributed by atoms with E-state index in [0.717, 1.165) is 19.3 Å². The Morgan fingerprint density at radius 1 is 0.962 bits per heavy atom. The molecule has 3 atom stereocenters. The second kappa shape index (κ2) is 14.5. The summed E-state index contributed by atoms with van der Waals surface area (Å²) in [5.41, 5.74) is 1.34. The van der Waals surface area contributed by atoms with Crippen molar-refractivity contribution >= 4 is 5.91 Å². The Bertz CT molecular complexity index is 500. The minimum Gasteiger partial charge on any atom is -0.389 e. The minimum atomic E-state index is -0.625. The van der Waals surface area contributed by atoms with Crippen LogP contribution in [0.15, 0.2) is 48.1 Å². The largest absolute Gasteiger partial charge is 0.389 e. The lowest BCUT2D eigenvalue weighted by atomic mass is 9.97. The van der Waals surface area contributed by atoms with Crippen LogP contribution in [0.4, 0.5) is 0 Å². The summed E-state index contributed by atoms with van der Waals surface area (Å²) in [7, 11) is 3.41. The fourth-order valence-electron chi connectivity index (χ4n) is 2.37. The van der Waals surface area contributed by atoms with E-state index in [4.69, 9.17) is 0 Å². The number of aliphatic hydroxyl groups excluding tert-OH is 2. The molecule has 0 saturated heterocycles. The first-order valence-corrected chi connectivity index (χ1v) is 9.43. The molecule has 1 amide bonds. The van der Waals surface area contributed by atoms with Crippen molar-refractivity contribution in [2.45, 2.75) is 65.1 Å². The molecule has 3 unspecified atom stereocenters. The van der Waals surface area contributed by atoms with E-state index in [1.165, 1.54) is 10.5 Å². The predicted molar refractivity (Wildman–Crippen MR) is 110 cm³/mol. The van der Waals surface area contributed by atoms with Gasteiger partial charge in [0.25, 0.3) is 0 Å². The maximum atomic E-state index is 11.4. The summed E-state index contributed by atoms with van der Waals surface area (Å²) >= 11 is 0. The summed E-state index contributed by atoms with van der Waals surface area (Å²) in [4.78, 5) is 13.0. The third kappa shape index (κ3) is 14.7. The van der Waals surface area contributed by atoms with Crippen LogP contribution in [0.2, 0.25) is 0 Å². The number of amides is 1. The lowest BCUT2D eigenvalue weighted by Crippen LogP contribution is -2.22. The molecule has 0 aromatic rings. The topological polar surface area (TPSA) is 60.8 Å². The van der Waals surface area contributed by atoms with Gasteiger partial charge in [-0.25, -0.2) is 0 Å². The minimum absolute atomic E-state index is 0.0139. The Kier molecular flexibility index (Phi) is 13.6. The Morgan fingerprint density at radius 3 is 2.08 bits per heavy atom. The third-order valence-electron chi connectivity index (χ3n) is 4.01. The van der Waals surface area contributed by atoms with Crippen molar-refractivity contribution in [3.63, 3.8) is 0 Å². The van der Waals surface area contributed by atoms with Gasteiger partial charge < -0.3 is 15.1 Å². The maximum Gasteiger partial charge on any atom is 0.222 e. The quantitative estimate of drug-likeness (QED) is 0.407. The van der Waals surface area contributed by atoms with E-state index in [1.54, 1.807) is 38.4 Å². The number of rotatable bonds is 12. The van der Waals surface area contributed by atoms with Gasteiger partial charge in [0.15, 0.2) is 0 Å². The van der Waals surface area contributed by atoms with Gasteiger partial charge in [0.1, 0.15) is 0 Å². The second-order valence-corrected chi connectivity index (χ2v) is 7.32. The molecule has 0 aliphatic heterocycles. The molecule has 0 aromatic carbocycles. The lowest BCUT2D eigenvalue weighted by molar-refractivity contribution is -0.129. The van der Waals surface area contributed by atoms with Crippen molar-refractivity contribution < 1.29 is 15.0 Å². The first kappa shape index (κ1) is 24.4. The number of hydrogen-bond donors (Lipinski definition) is 2. The van der Waals surface area contributed by atoms with Crippen molar-refractivity contribution in [1.29, 1.82) is 0 Å². The van der Waals surface area contributed by atoms with Crippen molar-refractivity contribution in [3.05, 3.63) is 48.1 Å². The molecule has 0 aliphatic carbocycles. The molecule has 4 nitrogen and oxygen atoms in total. The van der Waals surface area contributed by atoms with Gasteiger partial charge in [-0.2, -0.15) is 0 Å². The van der Waals surface area contributed by atoms with Crippen LogP contribution < -0.4 is 0 Å². The Labute approximate surface area is 159 Å². The smallest absolute Gasteiger partial charge is 0.222 e. The van der Waals surface area contributed by atoms with Gasteiger partial charge in [0.2, 0.25) is 5.91 Å². The molecule has 26 heavy (non-hydrogen) atoms. The highest BCUT2D eigenvalue weighted by Crippen LogP contribution is 2.14. The number of aliphatic hydroxyl groups is 2. The zero-order valence-electron chi connectivity index (χ0n) is 17.1. The highest BCUT2D eigenvalue weighted by atomic mass is 16.3. The first-order chi connectivity index (χ1) is 12.2. The van der Waals surface area contributed by atoms with Gasteiger partial charge in [0.05, 0.1) is 12.2 Å². The van der Waals surface area contributed by atoms with E-state index in [-0.39, 0.29) is 5.91 Å². The van der Waals surface area contributed by atoms with Crippen LogP contribution in [-0.4, -0.2) is 47.3 Å². The molecular weight excluding hydrogens is 326 g/mol. The molecule has 0 heterocycles. The molecule has 148 valence electrons. The van der Waals surface area contributed by atoms with Crippen LogP contribution in [0.3, 0.4) is 0 Å². The van der Waals surface area contributed by atoms with Gasteiger partial charge in [-0.05, 0) is 45.4 Å². The fraction of sp³-hybridized carbons (Fsp3) is 0.591. The molecule has 4 heteroatoms. The van der Waals surface area contributed by atoms with Crippen LogP contribution in [0, 0.1) is 5.92 Å². The summed E-state index contributed by atoms with van der Waals surface area (Å²) in [6.07, 6.45) is 15.5. The zero-order valence-corrected chi connectivity index (χ0v) is 17.1. The van der Waals surface area contributed by atoms with Crippen LogP contribution in [0.1, 0.15) is 52.9 Å². The SMILES string of the molecule is CC(C)=CCCC(C)CC(O)/C=C/C=C/C=C/C(O)CCC(=O)N(C)C. The number of hydrogen-bond acceptors (Lipinski definition) is 3. The molecule has 0 radical (unpaired) electrons. The van der Waals surface area contributed by atoms with E-state index in [1.807, 2.05) is 12.2 Å². The normalized spacial score (nSPS) is 15.5. The molecule has 0 bridgehead atoms. The van der Waals surface area contributed by atoms with Gasteiger partial charge in [-0.1, -0.05) is 55.0 Å². The average Bonchev–Trinajstić information content (AvgIpc) is 2.55. The summed E-state index contributed by atoms with van der Waals surface area (Å²) in [5.74, 6) is 0.495. The number of allylic oxidation sites excluding steroid dienone is 6. The van der Waals surface area contributed by atoms with E-state index >= 15 is 0 Å². The highest BCUT2D eigenvalue weighted by Gasteiger charge is 2.07. The lowest BCUT2D eigenvalue weighted by Gasteiger charge is -2.12. The van der Waals surface area contributed by atoms with Crippen LogP contribution in [-0.2, 0) is 4.79 Å². The van der Waals surface area contributed by atoms with Crippen molar-refractivity contribution in [2.24, 2.45) is 5.92 Å². The Balaban J connectivity index is 4.04. The first-order valence-electron chi connectivity index (χ1n) is 9.43. The standard InChI is InChI=1S/C22H37NO3/c1-18(2)11-10-12-19(3)17-21(25)14-9-7-6-8-13-20(24)15-16-22(26)23(4)5/h6-9,11,13-14,19-21,24-25H,10,12,15-17H2,1-5H3/b7-6+,13-8+,14-9+. The van der Waals surface area contributed by atoms with Crippen LogP contribution >= 0.6 is 0 Å². The van der Waals surface area contributed by atoms with Crippen LogP contribution in [0.5, 0.6) is 0 Å². The van der Waals surface area contributed by atoms with E-state index in [0.29, 0.717) is 18.8 Å². The molecule has 2 N–H and O–H groups in total. The van der Waals surface area contributed by atoms with Crippen molar-refractivity contribution in [3.8, 4) is 0 Å². The molecule has 0 rings (SSSR count). The molecular formula is C22H37NO3. The van der Waals surface area contributed by atoms with Gasteiger partial charge in [-0.15, -0.1) is 0 Å². The third-order valence-corrected chi connectivity index (χ3v) is 4.01. The predicted octanol–water partition coefficient (Wildman–Crippen LogP) is 4.02. The zero-order chi connectivity index (χ0) is 19.9. The summed E-state index contributed by atoms with van der Waals surface area (Å²) in [6.45, 7) is 6.37. The average molecular weight is 364 g/mol. The number of nitrogens with zero attached hydrogens (tertiary/aromatic N) is 1. The number of carbonyl (C=O) groups is 1.